The number of nitrogens with one attached hydrogen (secondary N) is 2. The predicted molar refractivity (Wildman–Crippen MR) is 125 cm³/mol. The Morgan fingerprint density at radius 2 is 1.91 bits per heavy atom. The molecule has 0 unspecified atom stereocenters. The first-order chi connectivity index (χ1) is 15.5. The number of aryl methyl sites for hydroxylation is 1. The van der Waals surface area contributed by atoms with Gasteiger partial charge >= 0.3 is 0 Å². The highest BCUT2D eigenvalue weighted by molar-refractivity contribution is 6.30. The van der Waals surface area contributed by atoms with Crippen LogP contribution in [0.4, 0.5) is 11.6 Å². The van der Waals surface area contributed by atoms with E-state index >= 15 is 0 Å². The fourth-order valence-electron chi connectivity index (χ4n) is 3.13. The Morgan fingerprint density at radius 3 is 2.66 bits per heavy atom. The summed E-state index contributed by atoms with van der Waals surface area (Å²) in [5.41, 5.74) is 2.27. The minimum atomic E-state index is -0.171. The second-order valence-electron chi connectivity index (χ2n) is 7.22. The molecule has 0 atom stereocenters. The Kier molecular flexibility index (Phi) is 6.37. The Bertz CT molecular complexity index is 1240. The largest absolute Gasteiger partial charge is 0.457 e. The van der Waals surface area contributed by atoms with Gasteiger partial charge in [0.15, 0.2) is 5.82 Å². The predicted octanol–water partition coefficient (Wildman–Crippen LogP) is 5.24. The van der Waals surface area contributed by atoms with Crippen LogP contribution in [0.1, 0.15) is 21.5 Å². The van der Waals surface area contributed by atoms with Crippen molar-refractivity contribution < 1.29 is 9.53 Å². The smallest absolute Gasteiger partial charge is 0.251 e. The molecule has 32 heavy (non-hydrogen) atoms. The van der Waals surface area contributed by atoms with E-state index in [1.54, 1.807) is 47.3 Å². The first kappa shape index (κ1) is 21.4. The van der Waals surface area contributed by atoms with Crippen LogP contribution in [-0.4, -0.2) is 20.7 Å². The minimum Gasteiger partial charge on any atom is -0.457 e. The van der Waals surface area contributed by atoms with Gasteiger partial charge in [-0.2, -0.15) is 5.10 Å². The Balaban J connectivity index is 1.45. The maximum Gasteiger partial charge on any atom is 0.251 e. The summed E-state index contributed by atoms with van der Waals surface area (Å²) >= 11 is 5.91. The lowest BCUT2D eigenvalue weighted by Gasteiger charge is -2.13. The third kappa shape index (κ3) is 5.25. The third-order valence-corrected chi connectivity index (χ3v) is 5.08. The van der Waals surface area contributed by atoms with Gasteiger partial charge in [0, 0.05) is 54.3 Å². The van der Waals surface area contributed by atoms with Crippen LogP contribution in [0.25, 0.3) is 0 Å². The molecule has 4 rings (SSSR count). The zero-order valence-corrected chi connectivity index (χ0v) is 18.4. The van der Waals surface area contributed by atoms with Crippen molar-refractivity contribution in [1.29, 1.82) is 0 Å². The molecule has 0 aliphatic heterocycles. The summed E-state index contributed by atoms with van der Waals surface area (Å²) in [6.07, 6.45) is 3.49. The molecule has 0 bridgehead atoms. The number of anilines is 2. The fourth-order valence-corrected chi connectivity index (χ4v) is 3.26. The second-order valence-corrected chi connectivity index (χ2v) is 7.65. The molecular formula is C24H22ClN5O2. The first-order valence-corrected chi connectivity index (χ1v) is 10.4. The summed E-state index contributed by atoms with van der Waals surface area (Å²) < 4.78 is 7.76. The number of halogens is 1. The molecular weight excluding hydrogens is 426 g/mol. The molecule has 2 N–H and O–H groups in total. The number of hydrogen-bond donors (Lipinski definition) is 2. The highest BCUT2D eigenvalue weighted by Crippen LogP contribution is 2.28. The van der Waals surface area contributed by atoms with E-state index in [1.165, 1.54) is 0 Å². The van der Waals surface area contributed by atoms with Gasteiger partial charge in [-0.05, 0) is 42.8 Å². The second kappa shape index (κ2) is 9.53. The van der Waals surface area contributed by atoms with Crippen LogP contribution in [0.5, 0.6) is 11.5 Å². The van der Waals surface area contributed by atoms with Gasteiger partial charge in [-0.25, -0.2) is 4.98 Å². The Hall–Kier alpha value is -3.84. The number of aromatic nitrogens is 3. The van der Waals surface area contributed by atoms with E-state index in [0.717, 1.165) is 11.1 Å². The lowest BCUT2D eigenvalue weighted by Crippen LogP contribution is -2.23. The summed E-state index contributed by atoms with van der Waals surface area (Å²) in [5, 5.41) is 11.0. The van der Waals surface area contributed by atoms with Crippen LogP contribution in [0, 0.1) is 6.92 Å². The van der Waals surface area contributed by atoms with Gasteiger partial charge < -0.3 is 15.4 Å². The molecule has 1 amide bonds. The molecule has 2 aromatic carbocycles. The first-order valence-electron chi connectivity index (χ1n) is 10.0. The van der Waals surface area contributed by atoms with Crippen LogP contribution in [0.3, 0.4) is 0 Å². The average Bonchev–Trinajstić information content (AvgIpc) is 3.19. The number of carbonyl (C=O) groups is 1. The van der Waals surface area contributed by atoms with Gasteiger partial charge in [-0.15, -0.1) is 0 Å². The summed E-state index contributed by atoms with van der Waals surface area (Å²) in [7, 11) is 1.85. The summed E-state index contributed by atoms with van der Waals surface area (Å²) in [4.78, 5) is 17.0. The van der Waals surface area contributed by atoms with Crippen LogP contribution in [-0.2, 0) is 13.6 Å². The molecule has 2 aromatic heterocycles. The van der Waals surface area contributed by atoms with E-state index < -0.39 is 0 Å². The SMILES string of the molecule is Cc1c(Oc2ccnc(Nc3ccn(C)n3)c2)cccc1C(=O)NCc1ccc(Cl)cc1. The number of benzene rings is 2. The number of nitrogens with zero attached hydrogens (tertiary/aromatic N) is 3. The molecule has 0 saturated carbocycles. The Labute approximate surface area is 191 Å². The number of ether oxygens (including phenoxy) is 1. The van der Waals surface area contributed by atoms with E-state index in [4.69, 9.17) is 16.3 Å². The normalized spacial score (nSPS) is 10.6. The molecule has 0 spiro atoms. The van der Waals surface area contributed by atoms with Gasteiger partial charge in [0.25, 0.3) is 5.91 Å². The van der Waals surface area contributed by atoms with Crippen molar-refractivity contribution in [2.75, 3.05) is 5.32 Å². The monoisotopic (exact) mass is 447 g/mol. The highest BCUT2D eigenvalue weighted by atomic mass is 35.5. The molecule has 7 nitrogen and oxygen atoms in total. The molecule has 0 saturated heterocycles. The van der Waals surface area contributed by atoms with Crippen LogP contribution < -0.4 is 15.4 Å². The zero-order valence-electron chi connectivity index (χ0n) is 17.7. The number of hydrogen-bond acceptors (Lipinski definition) is 5. The quantitative estimate of drug-likeness (QED) is 0.404. The molecule has 2 heterocycles. The summed E-state index contributed by atoms with van der Waals surface area (Å²) in [6, 6.07) is 18.2. The molecule has 162 valence electrons. The summed E-state index contributed by atoms with van der Waals surface area (Å²) in [6.45, 7) is 2.27. The highest BCUT2D eigenvalue weighted by Gasteiger charge is 2.13. The molecule has 0 aliphatic rings. The Morgan fingerprint density at radius 1 is 1.09 bits per heavy atom. The van der Waals surface area contributed by atoms with E-state index in [0.29, 0.717) is 40.3 Å². The number of carbonyl (C=O) groups excluding carboxylic acids is 1. The fraction of sp³-hybridized carbons (Fsp3) is 0.125. The van der Waals surface area contributed by atoms with Gasteiger partial charge in [0.1, 0.15) is 17.3 Å². The maximum absolute atomic E-state index is 12.7. The van der Waals surface area contributed by atoms with E-state index in [2.05, 4.69) is 20.7 Å². The third-order valence-electron chi connectivity index (χ3n) is 4.82. The lowest BCUT2D eigenvalue weighted by atomic mass is 10.1. The molecule has 4 aromatic rings. The standard InChI is InChI=1S/C24H22ClN5O2/c1-16-20(24(31)27-15-17-6-8-18(25)9-7-17)4-3-5-21(16)32-19-10-12-26-23(14-19)28-22-11-13-30(2)29-22/h3-14H,15H2,1-2H3,(H,27,31)(H,26,28,29). The van der Waals surface area contributed by atoms with Gasteiger partial charge in [0.05, 0.1) is 0 Å². The summed E-state index contributed by atoms with van der Waals surface area (Å²) in [5.74, 6) is 2.32. The average molecular weight is 448 g/mol. The number of pyridine rings is 1. The van der Waals surface area contributed by atoms with Crippen molar-refractivity contribution in [3.05, 3.63) is 94.8 Å². The van der Waals surface area contributed by atoms with Gasteiger partial charge in [-0.1, -0.05) is 29.8 Å². The minimum absolute atomic E-state index is 0.171. The van der Waals surface area contributed by atoms with Crippen molar-refractivity contribution in [1.82, 2.24) is 20.1 Å². The van der Waals surface area contributed by atoms with Crippen LogP contribution in [0.15, 0.2) is 73.1 Å². The number of rotatable bonds is 7. The maximum atomic E-state index is 12.7. The topological polar surface area (TPSA) is 81.1 Å². The van der Waals surface area contributed by atoms with Crippen LogP contribution in [0.2, 0.25) is 5.02 Å². The van der Waals surface area contributed by atoms with Gasteiger partial charge in [0.2, 0.25) is 0 Å². The van der Waals surface area contributed by atoms with Crippen molar-refractivity contribution in [3.63, 3.8) is 0 Å². The zero-order chi connectivity index (χ0) is 22.5. The molecule has 0 aliphatic carbocycles. The lowest BCUT2D eigenvalue weighted by molar-refractivity contribution is 0.0950. The van der Waals surface area contributed by atoms with E-state index in [1.807, 2.05) is 44.4 Å². The van der Waals surface area contributed by atoms with Crippen LogP contribution >= 0.6 is 11.6 Å². The molecule has 8 heteroatoms. The van der Waals surface area contributed by atoms with Crippen molar-refractivity contribution in [2.24, 2.45) is 7.05 Å². The van der Waals surface area contributed by atoms with Crippen molar-refractivity contribution in [3.8, 4) is 11.5 Å². The van der Waals surface area contributed by atoms with E-state index in [9.17, 15) is 4.79 Å². The van der Waals surface area contributed by atoms with Crippen molar-refractivity contribution in [2.45, 2.75) is 13.5 Å². The molecule has 0 radical (unpaired) electrons. The number of amides is 1. The van der Waals surface area contributed by atoms with E-state index in [-0.39, 0.29) is 5.91 Å². The molecule has 0 fully saturated rings. The van der Waals surface area contributed by atoms with Crippen molar-refractivity contribution >= 4 is 29.1 Å². The van der Waals surface area contributed by atoms with Gasteiger partial charge in [-0.3, -0.25) is 9.48 Å².